The van der Waals surface area contributed by atoms with Crippen molar-refractivity contribution in [1.29, 1.82) is 0 Å². The van der Waals surface area contributed by atoms with Gasteiger partial charge < -0.3 is 24.3 Å². The van der Waals surface area contributed by atoms with Gasteiger partial charge in [-0.05, 0) is 25.5 Å². The number of carbonyl (C=O) groups is 1. The summed E-state index contributed by atoms with van der Waals surface area (Å²) in [5.41, 5.74) is 5.64. The van der Waals surface area contributed by atoms with E-state index < -0.39 is 25.1 Å². The SMILES string of the molecule is CCCCOC(=O)[C@H](C)NP(=O)(COCCn1cnc2c(=O)[nH]c(N)nc21)Oc1ccccc1. The van der Waals surface area contributed by atoms with Crippen LogP contribution in [-0.4, -0.2) is 51.1 Å². The molecule has 0 aliphatic carbocycles. The zero-order valence-corrected chi connectivity index (χ0v) is 20.0. The first-order valence-electron chi connectivity index (χ1n) is 10.9. The van der Waals surface area contributed by atoms with E-state index in [9.17, 15) is 14.2 Å². The number of nitrogens with two attached hydrogens (primary N) is 1. The normalized spacial score (nSPS) is 13.9. The van der Waals surface area contributed by atoms with Crippen LogP contribution in [0.25, 0.3) is 11.2 Å². The average Bonchev–Trinajstić information content (AvgIpc) is 3.20. The number of rotatable bonds is 13. The zero-order valence-electron chi connectivity index (χ0n) is 19.1. The minimum Gasteiger partial charge on any atom is -0.465 e. The van der Waals surface area contributed by atoms with Crippen LogP contribution in [-0.2, 0) is 25.4 Å². The Balaban J connectivity index is 1.64. The number of imidazole rings is 1. The quantitative estimate of drug-likeness (QED) is 0.183. The molecule has 3 aromatic rings. The number of aromatic nitrogens is 4. The Bertz CT molecular complexity index is 1200. The Morgan fingerprint density at radius 1 is 1.29 bits per heavy atom. The Hall–Kier alpha value is -3.21. The molecule has 0 fully saturated rings. The van der Waals surface area contributed by atoms with E-state index in [1.165, 1.54) is 6.33 Å². The highest BCUT2D eigenvalue weighted by Gasteiger charge is 2.31. The summed E-state index contributed by atoms with van der Waals surface area (Å²) in [4.78, 5) is 34.7. The number of esters is 1. The average molecular weight is 492 g/mol. The molecule has 34 heavy (non-hydrogen) atoms. The maximum atomic E-state index is 13.5. The van der Waals surface area contributed by atoms with Gasteiger partial charge >= 0.3 is 13.5 Å². The second-order valence-corrected chi connectivity index (χ2v) is 9.59. The van der Waals surface area contributed by atoms with Crippen molar-refractivity contribution in [2.45, 2.75) is 39.3 Å². The largest absolute Gasteiger partial charge is 0.465 e. The number of ether oxygens (including phenoxy) is 2. The summed E-state index contributed by atoms with van der Waals surface area (Å²) < 4.78 is 31.7. The van der Waals surface area contributed by atoms with E-state index in [0.717, 1.165) is 12.8 Å². The number of H-pyrrole nitrogens is 1. The molecular formula is C21H29N6O6P. The van der Waals surface area contributed by atoms with E-state index in [0.29, 0.717) is 18.0 Å². The molecule has 3 rings (SSSR count). The Morgan fingerprint density at radius 3 is 2.79 bits per heavy atom. The number of para-hydroxylation sites is 1. The lowest BCUT2D eigenvalue weighted by molar-refractivity contribution is -0.145. The van der Waals surface area contributed by atoms with Crippen molar-refractivity contribution in [2.75, 3.05) is 25.3 Å². The molecule has 0 radical (unpaired) electrons. The van der Waals surface area contributed by atoms with Gasteiger partial charge in [-0.15, -0.1) is 0 Å². The van der Waals surface area contributed by atoms with Crippen LogP contribution in [0.15, 0.2) is 41.5 Å². The van der Waals surface area contributed by atoms with Crippen molar-refractivity contribution in [2.24, 2.45) is 0 Å². The first-order chi connectivity index (χ1) is 16.3. The van der Waals surface area contributed by atoms with Crippen molar-refractivity contribution in [3.63, 3.8) is 0 Å². The summed E-state index contributed by atoms with van der Waals surface area (Å²) in [7, 11) is -3.65. The summed E-state index contributed by atoms with van der Waals surface area (Å²) in [6, 6.07) is 7.73. The monoisotopic (exact) mass is 492 g/mol. The molecule has 0 amide bonds. The topological polar surface area (TPSA) is 163 Å². The first-order valence-corrected chi connectivity index (χ1v) is 12.7. The number of benzene rings is 1. The number of hydrogen-bond acceptors (Lipinski definition) is 9. The van der Waals surface area contributed by atoms with Crippen molar-refractivity contribution >= 4 is 30.6 Å². The molecule has 12 nitrogen and oxygen atoms in total. The van der Waals surface area contributed by atoms with Crippen molar-refractivity contribution in [1.82, 2.24) is 24.6 Å². The second-order valence-electron chi connectivity index (χ2n) is 7.55. The number of carbonyl (C=O) groups excluding carboxylic acids is 1. The Labute approximate surface area is 196 Å². The minimum atomic E-state index is -3.65. The molecule has 1 unspecified atom stereocenters. The maximum Gasteiger partial charge on any atom is 0.342 e. The van der Waals surface area contributed by atoms with Crippen LogP contribution < -0.4 is 20.9 Å². The molecule has 0 bridgehead atoms. The molecule has 2 atom stereocenters. The molecule has 2 aromatic heterocycles. The van der Waals surface area contributed by atoms with Crippen LogP contribution in [0.5, 0.6) is 5.75 Å². The molecular weight excluding hydrogens is 463 g/mol. The zero-order chi connectivity index (χ0) is 24.6. The Kier molecular flexibility index (Phi) is 8.80. The van der Waals surface area contributed by atoms with Crippen LogP contribution in [0.4, 0.5) is 5.95 Å². The maximum absolute atomic E-state index is 13.5. The van der Waals surface area contributed by atoms with E-state index in [1.807, 2.05) is 6.92 Å². The number of fused-ring (bicyclic) bond motifs is 1. The van der Waals surface area contributed by atoms with Gasteiger partial charge in [-0.1, -0.05) is 31.5 Å². The molecule has 0 saturated heterocycles. The van der Waals surface area contributed by atoms with E-state index in [1.54, 1.807) is 41.8 Å². The predicted octanol–water partition coefficient (Wildman–Crippen LogP) is 2.27. The smallest absolute Gasteiger partial charge is 0.342 e. The van der Waals surface area contributed by atoms with Gasteiger partial charge in [-0.25, -0.2) is 10.1 Å². The van der Waals surface area contributed by atoms with Crippen molar-refractivity contribution in [3.8, 4) is 5.75 Å². The number of anilines is 1. The number of nitrogen functional groups attached to an aromatic ring is 1. The number of unbranched alkanes of at least 4 members (excludes halogenated alkanes) is 1. The first kappa shape index (κ1) is 25.4. The highest BCUT2D eigenvalue weighted by Crippen LogP contribution is 2.43. The van der Waals surface area contributed by atoms with Gasteiger partial charge in [0.25, 0.3) is 5.56 Å². The van der Waals surface area contributed by atoms with Crippen LogP contribution in [0, 0.1) is 0 Å². The van der Waals surface area contributed by atoms with Gasteiger partial charge in [-0.2, -0.15) is 4.98 Å². The van der Waals surface area contributed by atoms with Crippen LogP contribution >= 0.6 is 7.52 Å². The fourth-order valence-corrected chi connectivity index (χ4v) is 4.72. The third-order valence-electron chi connectivity index (χ3n) is 4.71. The van der Waals surface area contributed by atoms with Gasteiger partial charge in [0.1, 0.15) is 18.1 Å². The molecule has 13 heteroatoms. The fourth-order valence-electron chi connectivity index (χ4n) is 3.01. The molecule has 0 aliphatic heterocycles. The lowest BCUT2D eigenvalue weighted by atomic mass is 10.3. The van der Waals surface area contributed by atoms with Crippen LogP contribution in [0.2, 0.25) is 0 Å². The summed E-state index contributed by atoms with van der Waals surface area (Å²) in [5, 5.41) is 2.75. The van der Waals surface area contributed by atoms with Crippen LogP contribution in [0.1, 0.15) is 26.7 Å². The van der Waals surface area contributed by atoms with Gasteiger partial charge in [0.2, 0.25) is 5.95 Å². The van der Waals surface area contributed by atoms with Crippen LogP contribution in [0.3, 0.4) is 0 Å². The molecule has 1 aromatic carbocycles. The molecule has 4 N–H and O–H groups in total. The number of nitrogens with one attached hydrogen (secondary N) is 2. The standard InChI is InChI=1S/C21H29N6O6P/c1-3-4-11-32-20(29)15(2)26-34(30,33-16-8-6-5-7-9-16)14-31-12-10-27-13-23-17-18(27)24-21(22)25-19(17)28/h5-9,13,15H,3-4,10-12,14H2,1-2H3,(H,26,30)(H3,22,24,25,28)/t15-,34?/m0/s1. The summed E-state index contributed by atoms with van der Waals surface area (Å²) in [6.07, 6.45) is 2.77. The van der Waals surface area contributed by atoms with E-state index in [-0.39, 0.29) is 31.0 Å². The third-order valence-corrected chi connectivity index (χ3v) is 6.52. The lowest BCUT2D eigenvalue weighted by Gasteiger charge is -2.23. The van der Waals surface area contributed by atoms with Gasteiger partial charge in [0, 0.05) is 6.54 Å². The van der Waals surface area contributed by atoms with E-state index in [4.69, 9.17) is 19.7 Å². The number of aromatic amines is 1. The minimum absolute atomic E-state index is 0.0232. The van der Waals surface area contributed by atoms with E-state index >= 15 is 0 Å². The third kappa shape index (κ3) is 6.89. The lowest BCUT2D eigenvalue weighted by Crippen LogP contribution is -2.35. The summed E-state index contributed by atoms with van der Waals surface area (Å²) >= 11 is 0. The highest BCUT2D eigenvalue weighted by molar-refractivity contribution is 7.57. The van der Waals surface area contributed by atoms with Crippen molar-refractivity contribution < 1.29 is 23.4 Å². The molecule has 184 valence electrons. The number of hydrogen-bond donors (Lipinski definition) is 3. The Morgan fingerprint density at radius 2 is 2.06 bits per heavy atom. The molecule has 0 spiro atoms. The number of nitrogens with zero attached hydrogens (tertiary/aromatic N) is 3. The van der Waals surface area contributed by atoms with Gasteiger partial charge in [-0.3, -0.25) is 19.1 Å². The summed E-state index contributed by atoms with van der Waals surface area (Å²) in [5.74, 6) is -0.179. The second kappa shape index (κ2) is 11.8. The highest BCUT2D eigenvalue weighted by atomic mass is 31.2. The van der Waals surface area contributed by atoms with E-state index in [2.05, 4.69) is 20.0 Å². The van der Waals surface area contributed by atoms with Gasteiger partial charge in [0.05, 0.1) is 19.5 Å². The van der Waals surface area contributed by atoms with Gasteiger partial charge in [0.15, 0.2) is 11.2 Å². The fraction of sp³-hybridized carbons (Fsp3) is 0.429. The van der Waals surface area contributed by atoms with Crippen molar-refractivity contribution in [3.05, 3.63) is 47.0 Å². The predicted molar refractivity (Wildman–Crippen MR) is 127 cm³/mol. The molecule has 0 saturated carbocycles. The summed E-state index contributed by atoms with van der Waals surface area (Å²) in [6.45, 7) is 4.22. The molecule has 0 aliphatic rings. The molecule has 2 heterocycles.